The smallest absolute Gasteiger partial charge is 0.158 e. The number of imidazole rings is 1. The molecule has 2 aromatic heterocycles. The van der Waals surface area contributed by atoms with Gasteiger partial charge in [-0.3, -0.25) is 4.40 Å². The molecule has 0 amide bonds. The summed E-state index contributed by atoms with van der Waals surface area (Å²) in [6, 6.07) is 2.94. The minimum absolute atomic E-state index is 0.0325. The van der Waals surface area contributed by atoms with Gasteiger partial charge in [-0.15, -0.1) is 0 Å². The third kappa shape index (κ3) is 1.82. The van der Waals surface area contributed by atoms with Gasteiger partial charge in [0.05, 0.1) is 0 Å². The highest BCUT2D eigenvalue weighted by molar-refractivity contribution is 6.32. The average molecular weight is 228 g/mol. The monoisotopic (exact) mass is 227 g/mol. The van der Waals surface area contributed by atoms with E-state index < -0.39 is 0 Å². The number of hydrogen-bond acceptors (Lipinski definition) is 2. The van der Waals surface area contributed by atoms with E-state index in [9.17, 15) is 4.39 Å². The van der Waals surface area contributed by atoms with Gasteiger partial charge in [0.2, 0.25) is 0 Å². The average Bonchev–Trinajstić information content (AvgIpc) is 2.44. The molecule has 0 aromatic carbocycles. The number of nitrogens with two attached hydrogens (primary N) is 1. The van der Waals surface area contributed by atoms with Crippen LogP contribution in [0.2, 0.25) is 5.15 Å². The lowest BCUT2D eigenvalue weighted by Crippen LogP contribution is -2.19. The first kappa shape index (κ1) is 10.4. The summed E-state index contributed by atoms with van der Waals surface area (Å²) in [5.74, 6) is 0.315. The molecule has 80 valence electrons. The molecule has 3 nitrogen and oxygen atoms in total. The van der Waals surface area contributed by atoms with E-state index >= 15 is 0 Å². The summed E-state index contributed by atoms with van der Waals surface area (Å²) in [5, 5.41) is 0.184. The Balaban J connectivity index is 2.63. The molecule has 0 fully saturated rings. The van der Waals surface area contributed by atoms with E-state index in [1.54, 1.807) is 16.7 Å². The van der Waals surface area contributed by atoms with Crippen LogP contribution in [0.15, 0.2) is 18.3 Å². The SMILES string of the molecule is CC(N)Cc1nc(Cl)c2c(F)cccn12. The van der Waals surface area contributed by atoms with Crippen LogP contribution in [0.25, 0.3) is 5.52 Å². The molecule has 0 spiro atoms. The summed E-state index contributed by atoms with van der Waals surface area (Å²) in [6.45, 7) is 1.87. The summed E-state index contributed by atoms with van der Waals surface area (Å²) in [5.41, 5.74) is 5.99. The second-order valence-electron chi connectivity index (χ2n) is 3.57. The van der Waals surface area contributed by atoms with Crippen LogP contribution in [-0.4, -0.2) is 15.4 Å². The minimum Gasteiger partial charge on any atom is -0.328 e. The highest BCUT2D eigenvalue weighted by atomic mass is 35.5. The predicted octanol–water partition coefficient (Wildman–Crippen LogP) is 2.02. The number of pyridine rings is 1. The van der Waals surface area contributed by atoms with E-state index in [-0.39, 0.29) is 17.0 Å². The van der Waals surface area contributed by atoms with Gasteiger partial charge in [-0.1, -0.05) is 11.6 Å². The molecular formula is C10H11ClFN3. The van der Waals surface area contributed by atoms with Gasteiger partial charge in [-0.25, -0.2) is 9.37 Å². The Labute approximate surface area is 91.7 Å². The van der Waals surface area contributed by atoms with Crippen LogP contribution in [0.1, 0.15) is 12.7 Å². The fourth-order valence-corrected chi connectivity index (χ4v) is 1.83. The Bertz CT molecular complexity index is 493. The highest BCUT2D eigenvalue weighted by Gasteiger charge is 2.13. The largest absolute Gasteiger partial charge is 0.328 e. The van der Waals surface area contributed by atoms with Crippen LogP contribution in [-0.2, 0) is 6.42 Å². The molecular weight excluding hydrogens is 217 g/mol. The Hall–Kier alpha value is -1.13. The summed E-state index contributed by atoms with van der Waals surface area (Å²) in [7, 11) is 0. The molecule has 0 saturated carbocycles. The van der Waals surface area contributed by atoms with Crippen LogP contribution in [0.4, 0.5) is 4.39 Å². The molecule has 0 aliphatic heterocycles. The Kier molecular flexibility index (Phi) is 2.63. The molecule has 0 aliphatic carbocycles. The third-order valence-corrected chi connectivity index (χ3v) is 2.41. The molecule has 1 atom stereocenters. The Morgan fingerprint density at radius 1 is 1.67 bits per heavy atom. The van der Waals surface area contributed by atoms with Crippen molar-refractivity contribution in [2.75, 3.05) is 0 Å². The van der Waals surface area contributed by atoms with E-state index in [1.807, 2.05) is 6.92 Å². The number of aromatic nitrogens is 2. The number of fused-ring (bicyclic) bond motifs is 1. The number of hydrogen-bond donors (Lipinski definition) is 1. The zero-order valence-electron chi connectivity index (χ0n) is 8.24. The van der Waals surface area contributed by atoms with E-state index in [1.165, 1.54) is 6.07 Å². The van der Waals surface area contributed by atoms with Crippen LogP contribution >= 0.6 is 11.6 Å². The maximum Gasteiger partial charge on any atom is 0.158 e. The van der Waals surface area contributed by atoms with Crippen molar-refractivity contribution >= 4 is 17.1 Å². The first-order valence-electron chi connectivity index (χ1n) is 4.66. The molecule has 0 bridgehead atoms. The first-order chi connectivity index (χ1) is 7.09. The lowest BCUT2D eigenvalue weighted by Gasteiger charge is -2.03. The fourth-order valence-electron chi connectivity index (χ4n) is 1.55. The molecule has 2 heterocycles. The predicted molar refractivity (Wildman–Crippen MR) is 57.5 cm³/mol. The lowest BCUT2D eigenvalue weighted by atomic mass is 10.2. The zero-order chi connectivity index (χ0) is 11.0. The summed E-state index contributed by atoms with van der Waals surface area (Å²) in [4.78, 5) is 4.10. The maximum absolute atomic E-state index is 13.4. The minimum atomic E-state index is -0.370. The number of rotatable bonds is 2. The zero-order valence-corrected chi connectivity index (χ0v) is 9.00. The molecule has 2 N–H and O–H groups in total. The molecule has 0 aliphatic rings. The topological polar surface area (TPSA) is 43.3 Å². The summed E-state index contributed by atoms with van der Waals surface area (Å²) < 4.78 is 15.1. The van der Waals surface area contributed by atoms with Crippen LogP contribution in [0.3, 0.4) is 0 Å². The second kappa shape index (κ2) is 3.79. The molecule has 0 saturated heterocycles. The lowest BCUT2D eigenvalue weighted by molar-refractivity contribution is 0.630. The van der Waals surface area contributed by atoms with Crippen LogP contribution < -0.4 is 5.73 Å². The van der Waals surface area contributed by atoms with Crippen LogP contribution in [0, 0.1) is 5.82 Å². The van der Waals surface area contributed by atoms with Crippen molar-refractivity contribution in [3.8, 4) is 0 Å². The van der Waals surface area contributed by atoms with Gasteiger partial charge in [0, 0.05) is 18.7 Å². The van der Waals surface area contributed by atoms with Crippen molar-refractivity contribution < 1.29 is 4.39 Å². The van der Waals surface area contributed by atoms with Crippen molar-refractivity contribution in [1.29, 1.82) is 0 Å². The van der Waals surface area contributed by atoms with Gasteiger partial charge in [0.15, 0.2) is 5.15 Å². The Morgan fingerprint density at radius 3 is 3.07 bits per heavy atom. The number of nitrogens with zero attached hydrogens (tertiary/aromatic N) is 2. The first-order valence-corrected chi connectivity index (χ1v) is 5.04. The van der Waals surface area contributed by atoms with Crippen molar-refractivity contribution in [1.82, 2.24) is 9.38 Å². The van der Waals surface area contributed by atoms with Gasteiger partial charge >= 0.3 is 0 Å². The van der Waals surface area contributed by atoms with Crippen LogP contribution in [0.5, 0.6) is 0 Å². The standard InChI is InChI=1S/C10H11ClFN3/c1-6(13)5-8-14-10(11)9-7(12)3-2-4-15(8)9/h2-4,6H,5,13H2,1H3. The quantitative estimate of drug-likeness (QED) is 0.853. The van der Waals surface area contributed by atoms with Crippen molar-refractivity contribution in [2.24, 2.45) is 5.73 Å². The van der Waals surface area contributed by atoms with E-state index in [0.29, 0.717) is 17.8 Å². The van der Waals surface area contributed by atoms with Gasteiger partial charge in [-0.2, -0.15) is 0 Å². The van der Waals surface area contributed by atoms with Crippen molar-refractivity contribution in [3.05, 3.63) is 35.1 Å². The molecule has 2 aromatic rings. The Morgan fingerprint density at radius 2 is 2.40 bits per heavy atom. The fraction of sp³-hybridized carbons (Fsp3) is 0.300. The normalized spacial score (nSPS) is 13.3. The van der Waals surface area contributed by atoms with Crippen molar-refractivity contribution in [3.63, 3.8) is 0 Å². The molecule has 1 unspecified atom stereocenters. The number of halogens is 2. The van der Waals surface area contributed by atoms with Gasteiger partial charge in [-0.05, 0) is 19.1 Å². The highest BCUT2D eigenvalue weighted by Crippen LogP contribution is 2.21. The van der Waals surface area contributed by atoms with E-state index in [2.05, 4.69) is 4.98 Å². The van der Waals surface area contributed by atoms with Crippen molar-refractivity contribution in [2.45, 2.75) is 19.4 Å². The second-order valence-corrected chi connectivity index (χ2v) is 3.93. The van der Waals surface area contributed by atoms with Gasteiger partial charge in [0.25, 0.3) is 0 Å². The van der Waals surface area contributed by atoms with E-state index in [0.717, 1.165) is 0 Å². The van der Waals surface area contributed by atoms with Gasteiger partial charge < -0.3 is 5.73 Å². The van der Waals surface area contributed by atoms with Gasteiger partial charge in [0.1, 0.15) is 17.2 Å². The maximum atomic E-state index is 13.4. The van der Waals surface area contributed by atoms with E-state index in [4.69, 9.17) is 17.3 Å². The molecule has 0 radical (unpaired) electrons. The molecule has 5 heteroatoms. The molecule has 15 heavy (non-hydrogen) atoms. The molecule has 2 rings (SSSR count). The summed E-state index contributed by atoms with van der Waals surface area (Å²) >= 11 is 5.85. The summed E-state index contributed by atoms with van der Waals surface area (Å²) in [6.07, 6.45) is 2.30. The third-order valence-electron chi connectivity index (χ3n) is 2.15.